The number of amides is 1. The lowest BCUT2D eigenvalue weighted by Gasteiger charge is -2.34. The summed E-state index contributed by atoms with van der Waals surface area (Å²) in [5, 5.41) is 0. The van der Waals surface area contributed by atoms with Crippen LogP contribution in [-0.2, 0) is 4.74 Å². The number of fused-ring (bicyclic) bond motifs is 2. The first-order valence-electron chi connectivity index (χ1n) is 10.6. The standard InChI is InChI=1S/C24H32N2O3S/c1-7-9-14-25(8-2)17-10-12-19-21(15-17)30-22-16-18(28-6)11-13-20(22)26(19)23(27)29-24(3,4)5/h10-13,15-16H,7-9,14H2,1-6H3. The maximum atomic E-state index is 13.2. The van der Waals surface area contributed by atoms with Crippen LogP contribution in [0, 0.1) is 0 Å². The molecule has 0 fully saturated rings. The monoisotopic (exact) mass is 428 g/mol. The first kappa shape index (κ1) is 22.3. The van der Waals surface area contributed by atoms with Crippen molar-refractivity contribution in [3.8, 4) is 5.75 Å². The van der Waals surface area contributed by atoms with E-state index in [-0.39, 0.29) is 6.09 Å². The summed E-state index contributed by atoms with van der Waals surface area (Å²) in [6, 6.07) is 12.1. The number of anilines is 3. The normalized spacial score (nSPS) is 12.8. The highest BCUT2D eigenvalue weighted by molar-refractivity contribution is 7.99. The van der Waals surface area contributed by atoms with Crippen molar-refractivity contribution in [3.63, 3.8) is 0 Å². The summed E-state index contributed by atoms with van der Waals surface area (Å²) in [6.45, 7) is 12.0. The van der Waals surface area contributed by atoms with Gasteiger partial charge in [-0.2, -0.15) is 0 Å². The molecule has 6 heteroatoms. The van der Waals surface area contributed by atoms with Gasteiger partial charge in [0, 0.05) is 28.6 Å². The molecule has 0 aromatic heterocycles. The van der Waals surface area contributed by atoms with Gasteiger partial charge in [0.05, 0.1) is 18.5 Å². The van der Waals surface area contributed by atoms with E-state index in [1.165, 1.54) is 5.69 Å². The summed E-state index contributed by atoms with van der Waals surface area (Å²) < 4.78 is 11.1. The Morgan fingerprint density at radius 3 is 2.33 bits per heavy atom. The van der Waals surface area contributed by atoms with Gasteiger partial charge in [-0.3, -0.25) is 0 Å². The lowest BCUT2D eigenvalue weighted by atomic mass is 10.2. The molecule has 1 amide bonds. The van der Waals surface area contributed by atoms with Gasteiger partial charge in [-0.25, -0.2) is 9.69 Å². The molecular weight excluding hydrogens is 396 g/mol. The van der Waals surface area contributed by atoms with Gasteiger partial charge < -0.3 is 14.4 Å². The van der Waals surface area contributed by atoms with E-state index < -0.39 is 5.60 Å². The molecule has 0 atom stereocenters. The molecule has 5 nitrogen and oxygen atoms in total. The van der Waals surface area contributed by atoms with E-state index in [2.05, 4.69) is 30.9 Å². The molecule has 0 bridgehead atoms. The first-order chi connectivity index (χ1) is 14.3. The van der Waals surface area contributed by atoms with E-state index in [9.17, 15) is 4.79 Å². The highest BCUT2D eigenvalue weighted by Crippen LogP contribution is 2.50. The Hall–Kier alpha value is -2.34. The largest absolute Gasteiger partial charge is 0.497 e. The lowest BCUT2D eigenvalue weighted by Crippen LogP contribution is -2.35. The molecule has 1 aliphatic heterocycles. The third-order valence-electron chi connectivity index (χ3n) is 4.92. The maximum Gasteiger partial charge on any atom is 0.419 e. The minimum absolute atomic E-state index is 0.374. The molecule has 0 unspecified atom stereocenters. The predicted molar refractivity (Wildman–Crippen MR) is 125 cm³/mol. The van der Waals surface area contributed by atoms with Crippen molar-refractivity contribution in [2.24, 2.45) is 0 Å². The quantitative estimate of drug-likeness (QED) is 0.503. The third kappa shape index (κ3) is 4.86. The van der Waals surface area contributed by atoms with Crippen LogP contribution in [0.4, 0.5) is 21.9 Å². The van der Waals surface area contributed by atoms with Crippen LogP contribution in [0.2, 0.25) is 0 Å². The van der Waals surface area contributed by atoms with Crippen LogP contribution in [0.5, 0.6) is 5.75 Å². The minimum atomic E-state index is -0.576. The fourth-order valence-corrected chi connectivity index (χ4v) is 4.54. The van der Waals surface area contributed by atoms with Gasteiger partial charge in [-0.1, -0.05) is 25.1 Å². The second kappa shape index (κ2) is 9.21. The second-order valence-corrected chi connectivity index (χ2v) is 9.42. The average Bonchev–Trinajstić information content (AvgIpc) is 2.70. The second-order valence-electron chi connectivity index (χ2n) is 8.34. The molecule has 0 aliphatic carbocycles. The number of carbonyl (C=O) groups is 1. The van der Waals surface area contributed by atoms with Crippen molar-refractivity contribution in [2.75, 3.05) is 30.0 Å². The summed E-state index contributed by atoms with van der Waals surface area (Å²) in [5.74, 6) is 0.767. The third-order valence-corrected chi connectivity index (χ3v) is 6.01. The number of rotatable bonds is 6. The SMILES string of the molecule is CCCCN(CC)c1ccc2c(c1)Sc1cc(OC)ccc1N2C(=O)OC(C)(C)C. The highest BCUT2D eigenvalue weighted by Gasteiger charge is 2.32. The van der Waals surface area contributed by atoms with Crippen molar-refractivity contribution < 1.29 is 14.3 Å². The van der Waals surface area contributed by atoms with Gasteiger partial charge in [0.1, 0.15) is 11.4 Å². The molecule has 2 aromatic rings. The van der Waals surface area contributed by atoms with Gasteiger partial charge in [-0.15, -0.1) is 0 Å². The van der Waals surface area contributed by atoms with Crippen LogP contribution in [-0.4, -0.2) is 31.9 Å². The fraction of sp³-hybridized carbons (Fsp3) is 0.458. The van der Waals surface area contributed by atoms with Crippen molar-refractivity contribution in [1.29, 1.82) is 0 Å². The zero-order chi connectivity index (χ0) is 21.9. The number of nitrogens with zero attached hydrogens (tertiary/aromatic N) is 2. The van der Waals surface area contributed by atoms with Crippen molar-refractivity contribution >= 4 is 34.9 Å². The maximum absolute atomic E-state index is 13.2. The fourth-order valence-electron chi connectivity index (χ4n) is 3.43. The van der Waals surface area contributed by atoms with E-state index in [0.29, 0.717) is 0 Å². The van der Waals surface area contributed by atoms with E-state index in [1.54, 1.807) is 23.8 Å². The Bertz CT molecular complexity index is 908. The average molecular weight is 429 g/mol. The summed E-state index contributed by atoms with van der Waals surface area (Å²) in [7, 11) is 1.65. The molecule has 0 spiro atoms. The summed E-state index contributed by atoms with van der Waals surface area (Å²) in [6.07, 6.45) is 1.94. The summed E-state index contributed by atoms with van der Waals surface area (Å²) in [4.78, 5) is 19.2. The molecule has 0 radical (unpaired) electrons. The Morgan fingerprint density at radius 2 is 1.73 bits per heavy atom. The lowest BCUT2D eigenvalue weighted by molar-refractivity contribution is 0.0597. The number of hydrogen-bond donors (Lipinski definition) is 0. The summed E-state index contributed by atoms with van der Waals surface area (Å²) >= 11 is 1.66. The van der Waals surface area contributed by atoms with Crippen LogP contribution < -0.4 is 14.5 Å². The van der Waals surface area contributed by atoms with Crippen LogP contribution in [0.15, 0.2) is 46.2 Å². The Labute approximate surface area is 184 Å². The van der Waals surface area contributed by atoms with Gasteiger partial charge in [0.2, 0.25) is 0 Å². The van der Waals surface area contributed by atoms with Crippen LogP contribution in [0.25, 0.3) is 0 Å². The first-order valence-corrected chi connectivity index (χ1v) is 11.4. The number of benzene rings is 2. The molecule has 30 heavy (non-hydrogen) atoms. The topological polar surface area (TPSA) is 42.0 Å². The number of ether oxygens (including phenoxy) is 2. The van der Waals surface area contributed by atoms with Crippen molar-refractivity contribution in [3.05, 3.63) is 36.4 Å². The molecule has 0 N–H and O–H groups in total. The molecule has 1 aliphatic rings. The molecular formula is C24H32N2O3S. The van der Waals surface area contributed by atoms with Crippen LogP contribution in [0.1, 0.15) is 47.5 Å². The van der Waals surface area contributed by atoms with Crippen LogP contribution >= 0.6 is 11.8 Å². The molecule has 3 rings (SSSR count). The van der Waals surface area contributed by atoms with E-state index in [0.717, 1.165) is 52.8 Å². The molecule has 0 saturated carbocycles. The Balaban J connectivity index is 2.05. The Kier molecular flexibility index (Phi) is 6.86. The van der Waals surface area contributed by atoms with Crippen molar-refractivity contribution in [2.45, 2.75) is 62.9 Å². The zero-order valence-electron chi connectivity index (χ0n) is 18.8. The minimum Gasteiger partial charge on any atom is -0.497 e. The van der Waals surface area contributed by atoms with Gasteiger partial charge in [-0.05, 0) is 70.5 Å². The zero-order valence-corrected chi connectivity index (χ0v) is 19.6. The van der Waals surface area contributed by atoms with Crippen molar-refractivity contribution in [1.82, 2.24) is 0 Å². The highest BCUT2D eigenvalue weighted by atomic mass is 32.2. The molecule has 2 aromatic carbocycles. The predicted octanol–water partition coefficient (Wildman–Crippen LogP) is 6.86. The number of hydrogen-bond acceptors (Lipinski definition) is 5. The number of unbranched alkanes of at least 4 members (excludes halogenated alkanes) is 1. The molecule has 1 heterocycles. The van der Waals surface area contributed by atoms with Gasteiger partial charge in [0.25, 0.3) is 0 Å². The molecule has 162 valence electrons. The number of methoxy groups -OCH3 is 1. The smallest absolute Gasteiger partial charge is 0.419 e. The van der Waals surface area contributed by atoms with Gasteiger partial charge >= 0.3 is 6.09 Å². The number of carbonyl (C=O) groups excluding carboxylic acids is 1. The Morgan fingerprint density at radius 1 is 1.07 bits per heavy atom. The van der Waals surface area contributed by atoms with Crippen LogP contribution in [0.3, 0.4) is 0 Å². The summed E-state index contributed by atoms with van der Waals surface area (Å²) in [5.41, 5.74) is 2.26. The van der Waals surface area contributed by atoms with Gasteiger partial charge in [0.15, 0.2) is 0 Å². The molecule has 0 saturated heterocycles. The van der Waals surface area contributed by atoms with E-state index in [1.807, 2.05) is 45.0 Å². The van der Waals surface area contributed by atoms with E-state index >= 15 is 0 Å². The van der Waals surface area contributed by atoms with E-state index in [4.69, 9.17) is 9.47 Å².